The Morgan fingerprint density at radius 2 is 2.35 bits per heavy atom. The van der Waals surface area contributed by atoms with Crippen LogP contribution in [0.2, 0.25) is 0 Å². The molecule has 0 aromatic heterocycles. The highest BCUT2D eigenvalue weighted by atomic mass is 16.5. The Labute approximate surface area is 103 Å². The smallest absolute Gasteiger partial charge is 0.122 e. The summed E-state index contributed by atoms with van der Waals surface area (Å²) >= 11 is 0. The molecule has 2 nitrogen and oxygen atoms in total. The number of benzene rings is 1. The molecule has 1 fully saturated rings. The van der Waals surface area contributed by atoms with Crippen LogP contribution in [0.25, 0.3) is 0 Å². The first kappa shape index (κ1) is 11.1. The summed E-state index contributed by atoms with van der Waals surface area (Å²) in [5.74, 6) is 2.74. The van der Waals surface area contributed by atoms with Crippen molar-refractivity contribution >= 4 is 0 Å². The summed E-state index contributed by atoms with van der Waals surface area (Å²) in [5.41, 5.74) is 2.88. The number of hydrogen-bond donors (Lipinski definition) is 1. The predicted molar refractivity (Wildman–Crippen MR) is 69.5 cm³/mol. The van der Waals surface area contributed by atoms with Crippen LogP contribution in [-0.2, 0) is 12.8 Å². The monoisotopic (exact) mass is 231 g/mol. The molecular formula is C15H21NO. The number of hydrogen-bond acceptors (Lipinski definition) is 2. The van der Waals surface area contributed by atoms with Crippen molar-refractivity contribution in [2.24, 2.45) is 11.8 Å². The average Bonchev–Trinajstić information content (AvgIpc) is 2.79. The lowest BCUT2D eigenvalue weighted by molar-refractivity contribution is 0.272. The summed E-state index contributed by atoms with van der Waals surface area (Å²) in [4.78, 5) is 0. The van der Waals surface area contributed by atoms with Gasteiger partial charge in [0.05, 0.1) is 6.61 Å². The van der Waals surface area contributed by atoms with Gasteiger partial charge in [0.25, 0.3) is 0 Å². The minimum absolute atomic E-state index is 0.795. The zero-order valence-electron chi connectivity index (χ0n) is 10.5. The predicted octanol–water partition coefficient (Wildman–Crippen LogP) is 2.41. The van der Waals surface area contributed by atoms with Crippen LogP contribution < -0.4 is 10.1 Å². The zero-order chi connectivity index (χ0) is 11.7. The molecule has 2 aliphatic rings. The van der Waals surface area contributed by atoms with Crippen LogP contribution in [0.5, 0.6) is 5.75 Å². The van der Waals surface area contributed by atoms with Crippen LogP contribution >= 0.6 is 0 Å². The van der Waals surface area contributed by atoms with Crippen LogP contribution in [0.15, 0.2) is 18.2 Å². The number of nitrogens with one attached hydrogen (secondary N) is 1. The Balaban J connectivity index is 1.72. The average molecular weight is 231 g/mol. The van der Waals surface area contributed by atoms with E-state index in [4.69, 9.17) is 4.74 Å². The molecule has 0 bridgehead atoms. The third-order valence-corrected chi connectivity index (χ3v) is 4.24. The van der Waals surface area contributed by atoms with Gasteiger partial charge in [-0.1, -0.05) is 19.1 Å². The number of rotatable bonds is 2. The van der Waals surface area contributed by atoms with Crippen LogP contribution in [0.4, 0.5) is 0 Å². The van der Waals surface area contributed by atoms with E-state index in [1.54, 1.807) is 0 Å². The molecule has 2 atom stereocenters. The summed E-state index contributed by atoms with van der Waals surface area (Å²) in [6.07, 6.45) is 3.61. The third kappa shape index (κ3) is 2.32. The maximum atomic E-state index is 5.55. The zero-order valence-corrected chi connectivity index (χ0v) is 10.5. The standard InChI is InChI=1S/C15H21NO/c1-11-4-6-16-10-14(11)9-12-2-3-15-13(8-12)5-7-17-15/h2-3,8,11,14,16H,4-7,9-10H2,1H3. The largest absolute Gasteiger partial charge is 0.493 e. The van der Waals surface area contributed by atoms with Gasteiger partial charge in [0.1, 0.15) is 5.75 Å². The molecule has 2 unspecified atom stereocenters. The topological polar surface area (TPSA) is 21.3 Å². The van der Waals surface area contributed by atoms with Crippen molar-refractivity contribution in [3.05, 3.63) is 29.3 Å². The highest BCUT2D eigenvalue weighted by Gasteiger charge is 2.22. The van der Waals surface area contributed by atoms with Crippen LogP contribution in [0.3, 0.4) is 0 Å². The van der Waals surface area contributed by atoms with Gasteiger partial charge in [0.2, 0.25) is 0 Å². The van der Waals surface area contributed by atoms with Crippen molar-refractivity contribution in [1.29, 1.82) is 0 Å². The first-order valence-electron chi connectivity index (χ1n) is 6.78. The molecule has 0 radical (unpaired) electrons. The SMILES string of the molecule is CC1CCNCC1Cc1ccc2c(c1)CCO2. The van der Waals surface area contributed by atoms with E-state index in [0.717, 1.165) is 30.6 Å². The fourth-order valence-electron chi connectivity index (χ4n) is 3.00. The minimum atomic E-state index is 0.795. The lowest BCUT2D eigenvalue weighted by atomic mass is 9.83. The van der Waals surface area contributed by atoms with Gasteiger partial charge in [-0.2, -0.15) is 0 Å². The Bertz CT molecular complexity index is 402. The maximum Gasteiger partial charge on any atom is 0.122 e. The van der Waals surface area contributed by atoms with Gasteiger partial charge < -0.3 is 10.1 Å². The van der Waals surface area contributed by atoms with Crippen LogP contribution in [-0.4, -0.2) is 19.7 Å². The molecule has 0 amide bonds. The van der Waals surface area contributed by atoms with Crippen LogP contribution in [0.1, 0.15) is 24.5 Å². The van der Waals surface area contributed by atoms with E-state index < -0.39 is 0 Å². The molecule has 0 saturated carbocycles. The van der Waals surface area contributed by atoms with E-state index in [2.05, 4.69) is 30.4 Å². The molecule has 1 N–H and O–H groups in total. The summed E-state index contributed by atoms with van der Waals surface area (Å²) < 4.78 is 5.55. The van der Waals surface area contributed by atoms with Crippen molar-refractivity contribution in [2.75, 3.05) is 19.7 Å². The molecule has 1 saturated heterocycles. The van der Waals surface area contributed by atoms with Gasteiger partial charge in [-0.15, -0.1) is 0 Å². The van der Waals surface area contributed by atoms with E-state index in [1.165, 1.54) is 37.1 Å². The Kier molecular flexibility index (Phi) is 3.06. The summed E-state index contributed by atoms with van der Waals surface area (Å²) in [6, 6.07) is 6.74. The minimum Gasteiger partial charge on any atom is -0.493 e. The van der Waals surface area contributed by atoms with Gasteiger partial charge in [0, 0.05) is 6.42 Å². The van der Waals surface area contributed by atoms with E-state index >= 15 is 0 Å². The fourth-order valence-corrected chi connectivity index (χ4v) is 3.00. The van der Waals surface area contributed by atoms with Crippen molar-refractivity contribution < 1.29 is 4.74 Å². The van der Waals surface area contributed by atoms with Crippen LogP contribution in [0, 0.1) is 11.8 Å². The third-order valence-electron chi connectivity index (χ3n) is 4.24. The summed E-state index contributed by atoms with van der Waals surface area (Å²) in [7, 11) is 0. The second kappa shape index (κ2) is 4.69. The van der Waals surface area contributed by atoms with Crippen molar-refractivity contribution in [2.45, 2.75) is 26.2 Å². The Morgan fingerprint density at radius 3 is 3.24 bits per heavy atom. The summed E-state index contributed by atoms with van der Waals surface area (Å²) in [6.45, 7) is 5.62. The van der Waals surface area contributed by atoms with E-state index in [1.807, 2.05) is 0 Å². The van der Waals surface area contributed by atoms with Crippen molar-refractivity contribution in [3.63, 3.8) is 0 Å². The lowest BCUT2D eigenvalue weighted by Crippen LogP contribution is -2.36. The van der Waals surface area contributed by atoms with Crippen molar-refractivity contribution in [1.82, 2.24) is 5.32 Å². The summed E-state index contributed by atoms with van der Waals surface area (Å²) in [5, 5.41) is 3.51. The number of piperidine rings is 1. The second-order valence-electron chi connectivity index (χ2n) is 5.47. The molecule has 2 heteroatoms. The first-order chi connectivity index (χ1) is 8.33. The molecule has 1 aromatic rings. The van der Waals surface area contributed by atoms with Gasteiger partial charge >= 0.3 is 0 Å². The maximum absolute atomic E-state index is 5.55. The Hall–Kier alpha value is -1.02. The van der Waals surface area contributed by atoms with Gasteiger partial charge in [-0.25, -0.2) is 0 Å². The van der Waals surface area contributed by atoms with Gasteiger partial charge in [0.15, 0.2) is 0 Å². The molecular weight excluding hydrogens is 210 g/mol. The molecule has 0 spiro atoms. The number of fused-ring (bicyclic) bond motifs is 1. The lowest BCUT2D eigenvalue weighted by Gasteiger charge is -2.29. The van der Waals surface area contributed by atoms with E-state index in [9.17, 15) is 0 Å². The van der Waals surface area contributed by atoms with E-state index in [-0.39, 0.29) is 0 Å². The second-order valence-corrected chi connectivity index (χ2v) is 5.47. The first-order valence-corrected chi connectivity index (χ1v) is 6.78. The molecule has 0 aliphatic carbocycles. The van der Waals surface area contributed by atoms with Crippen molar-refractivity contribution in [3.8, 4) is 5.75 Å². The Morgan fingerprint density at radius 1 is 1.41 bits per heavy atom. The molecule has 92 valence electrons. The molecule has 2 aliphatic heterocycles. The fraction of sp³-hybridized carbons (Fsp3) is 0.600. The van der Waals surface area contributed by atoms with Gasteiger partial charge in [-0.05, 0) is 55.0 Å². The van der Waals surface area contributed by atoms with Gasteiger partial charge in [-0.3, -0.25) is 0 Å². The number of ether oxygens (including phenoxy) is 1. The molecule has 3 rings (SSSR count). The highest BCUT2D eigenvalue weighted by Crippen LogP contribution is 2.28. The molecule has 2 heterocycles. The molecule has 17 heavy (non-hydrogen) atoms. The quantitative estimate of drug-likeness (QED) is 0.844. The highest BCUT2D eigenvalue weighted by molar-refractivity contribution is 5.39. The van der Waals surface area contributed by atoms with E-state index in [0.29, 0.717) is 0 Å². The normalized spacial score (nSPS) is 27.6. The molecule has 1 aromatic carbocycles.